The van der Waals surface area contributed by atoms with Gasteiger partial charge in [-0.2, -0.15) is 13.8 Å². The van der Waals surface area contributed by atoms with Crippen LogP contribution in [0.5, 0.6) is 5.75 Å². The molecule has 0 N–H and O–H groups in total. The molecule has 0 aliphatic carbocycles. The lowest BCUT2D eigenvalue weighted by atomic mass is 10.3. The Bertz CT molecular complexity index is 372. The van der Waals surface area contributed by atoms with Gasteiger partial charge < -0.3 is 4.74 Å². The summed E-state index contributed by atoms with van der Waals surface area (Å²) in [5.74, 6) is -0.0941. The Morgan fingerprint density at radius 1 is 1.50 bits per heavy atom. The summed E-state index contributed by atoms with van der Waals surface area (Å²) in [6.07, 6.45) is 1.29. The van der Waals surface area contributed by atoms with E-state index in [0.29, 0.717) is 0 Å². The minimum absolute atomic E-state index is 0.0941. The van der Waals surface area contributed by atoms with Crippen molar-refractivity contribution >= 4 is 27.7 Å². The van der Waals surface area contributed by atoms with Crippen molar-refractivity contribution in [1.29, 1.82) is 0 Å². The molecule has 1 rings (SSSR count). The second-order valence-electron chi connectivity index (χ2n) is 2.25. The van der Waals surface area contributed by atoms with Crippen LogP contribution in [0.15, 0.2) is 29.3 Å². The van der Waals surface area contributed by atoms with Crippen molar-refractivity contribution in [2.75, 3.05) is 0 Å². The number of benzene rings is 1. The Labute approximate surface area is 86.5 Å². The Balaban J connectivity index is 2.89. The number of alkyl halides is 3. The van der Waals surface area contributed by atoms with Gasteiger partial charge in [-0.25, -0.2) is 4.79 Å². The van der Waals surface area contributed by atoms with E-state index >= 15 is 0 Å². The van der Waals surface area contributed by atoms with Crippen LogP contribution in [0.1, 0.15) is 0 Å². The average molecular weight is 264 g/mol. The second-order valence-corrected chi connectivity index (χ2v) is 3.17. The lowest BCUT2D eigenvalue weighted by molar-refractivity contribution is -0.0802. The van der Waals surface area contributed by atoms with Crippen LogP contribution in [0.25, 0.3) is 0 Å². The molecule has 3 nitrogen and oxygen atoms in total. The molecule has 0 heterocycles. The number of nitrogens with zero attached hydrogens (tertiary/aromatic N) is 1. The molecular formula is C8H4BrF2NO2. The highest BCUT2D eigenvalue weighted by Crippen LogP contribution is 2.28. The molecule has 0 unspecified atom stereocenters. The summed E-state index contributed by atoms with van der Waals surface area (Å²) in [4.78, 5) is 13.1. The average Bonchev–Trinajstić information content (AvgIpc) is 2.02. The van der Waals surface area contributed by atoms with E-state index in [4.69, 9.17) is 0 Å². The number of rotatable bonds is 3. The molecule has 0 atom stereocenters. The lowest BCUT2D eigenvalue weighted by Gasteiger charge is -2.10. The van der Waals surface area contributed by atoms with Crippen molar-refractivity contribution in [2.24, 2.45) is 4.99 Å². The molecule has 0 aliphatic rings. The van der Waals surface area contributed by atoms with Gasteiger partial charge in [0.2, 0.25) is 6.08 Å². The monoisotopic (exact) mass is 263 g/mol. The minimum atomic E-state index is -3.43. The van der Waals surface area contributed by atoms with Gasteiger partial charge in [0, 0.05) is 22.0 Å². The van der Waals surface area contributed by atoms with E-state index in [1.807, 2.05) is 15.9 Å². The summed E-state index contributed by atoms with van der Waals surface area (Å²) in [5, 5.41) is -3.43. The van der Waals surface area contributed by atoms with Gasteiger partial charge in [-0.15, -0.1) is 0 Å². The van der Waals surface area contributed by atoms with E-state index in [9.17, 15) is 13.6 Å². The highest BCUT2D eigenvalue weighted by molar-refractivity contribution is 9.09. The van der Waals surface area contributed by atoms with Gasteiger partial charge in [-0.05, 0) is 12.1 Å². The molecule has 1 aromatic rings. The van der Waals surface area contributed by atoms with E-state index in [1.165, 1.54) is 30.3 Å². The summed E-state index contributed by atoms with van der Waals surface area (Å²) in [6.45, 7) is 0. The number of halogens is 3. The minimum Gasteiger partial charge on any atom is -0.424 e. The smallest absolute Gasteiger partial charge is 0.424 e. The van der Waals surface area contributed by atoms with Crippen LogP contribution in [-0.4, -0.2) is 11.1 Å². The predicted octanol–water partition coefficient (Wildman–Crippen LogP) is 2.98. The van der Waals surface area contributed by atoms with Gasteiger partial charge in [0.15, 0.2) is 0 Å². The first-order valence-electron chi connectivity index (χ1n) is 3.45. The Hall–Kier alpha value is -1.26. The lowest BCUT2D eigenvalue weighted by Crippen LogP contribution is -2.14. The van der Waals surface area contributed by atoms with Crippen molar-refractivity contribution < 1.29 is 18.3 Å². The van der Waals surface area contributed by atoms with E-state index in [0.717, 1.165) is 0 Å². The zero-order chi connectivity index (χ0) is 10.6. The fourth-order valence-electron chi connectivity index (χ4n) is 0.803. The first-order chi connectivity index (χ1) is 6.51. The third-order valence-corrected chi connectivity index (χ3v) is 1.39. The fraction of sp³-hybridized carbons (Fsp3) is 0.125. The quantitative estimate of drug-likeness (QED) is 0.478. The topological polar surface area (TPSA) is 38.7 Å². The molecule has 0 radical (unpaired) electrons. The standard InChI is InChI=1S/C8H4BrF2NO2/c9-8(10,11)14-7-3-1-2-6(4-7)12-5-13/h1-4H. The molecule has 6 heteroatoms. The maximum Gasteiger partial charge on any atom is 0.459 e. The van der Waals surface area contributed by atoms with Crippen molar-refractivity contribution in [2.45, 2.75) is 5.02 Å². The molecule has 0 saturated carbocycles. The van der Waals surface area contributed by atoms with E-state index in [2.05, 4.69) is 9.73 Å². The van der Waals surface area contributed by atoms with Crippen LogP contribution in [0.2, 0.25) is 0 Å². The molecule has 74 valence electrons. The second kappa shape index (κ2) is 4.30. The fourth-order valence-corrected chi connectivity index (χ4v) is 0.990. The summed E-state index contributed by atoms with van der Waals surface area (Å²) in [6, 6.07) is 5.41. The van der Waals surface area contributed by atoms with Crippen molar-refractivity contribution in [3.05, 3.63) is 24.3 Å². The number of carbonyl (C=O) groups excluding carboxylic acids is 1. The van der Waals surface area contributed by atoms with Crippen LogP contribution < -0.4 is 4.74 Å². The third-order valence-electron chi connectivity index (χ3n) is 1.23. The first kappa shape index (κ1) is 10.8. The molecule has 0 bridgehead atoms. The van der Waals surface area contributed by atoms with E-state index < -0.39 is 5.02 Å². The van der Waals surface area contributed by atoms with Gasteiger partial charge in [0.25, 0.3) is 0 Å². The maximum absolute atomic E-state index is 12.3. The maximum atomic E-state index is 12.3. The van der Waals surface area contributed by atoms with Gasteiger partial charge in [-0.1, -0.05) is 6.07 Å². The van der Waals surface area contributed by atoms with Crippen LogP contribution in [0.4, 0.5) is 14.5 Å². The van der Waals surface area contributed by atoms with Gasteiger partial charge in [0.1, 0.15) is 5.75 Å². The molecule has 0 aromatic heterocycles. The summed E-state index contributed by atoms with van der Waals surface area (Å²) in [5.41, 5.74) is 0.203. The zero-order valence-corrected chi connectivity index (χ0v) is 8.29. The molecule has 1 aromatic carbocycles. The largest absolute Gasteiger partial charge is 0.459 e. The first-order valence-corrected chi connectivity index (χ1v) is 4.24. The van der Waals surface area contributed by atoms with Crippen molar-refractivity contribution in [3.8, 4) is 5.75 Å². The SMILES string of the molecule is O=C=Nc1cccc(OC(F)(F)Br)c1. The van der Waals surface area contributed by atoms with Gasteiger partial charge in [-0.3, -0.25) is 0 Å². The molecule has 0 spiro atoms. The predicted molar refractivity (Wildman–Crippen MR) is 48.7 cm³/mol. The number of aliphatic imine (C=N–C) groups is 1. The zero-order valence-electron chi connectivity index (χ0n) is 6.71. The van der Waals surface area contributed by atoms with E-state index in [1.54, 1.807) is 0 Å². The Morgan fingerprint density at radius 3 is 2.79 bits per heavy atom. The van der Waals surface area contributed by atoms with Gasteiger partial charge in [0.05, 0.1) is 5.69 Å². The Morgan fingerprint density at radius 2 is 2.21 bits per heavy atom. The normalized spacial score (nSPS) is 10.5. The number of hydrogen-bond donors (Lipinski definition) is 0. The molecule has 14 heavy (non-hydrogen) atoms. The highest BCUT2D eigenvalue weighted by atomic mass is 79.9. The van der Waals surface area contributed by atoms with Crippen molar-refractivity contribution in [1.82, 2.24) is 0 Å². The summed E-state index contributed by atoms with van der Waals surface area (Å²) >= 11 is 2.02. The molecule has 0 saturated heterocycles. The van der Waals surface area contributed by atoms with Crippen LogP contribution in [-0.2, 0) is 4.79 Å². The number of ether oxygens (including phenoxy) is 1. The van der Waals surface area contributed by atoms with E-state index in [-0.39, 0.29) is 11.4 Å². The van der Waals surface area contributed by atoms with Crippen LogP contribution in [0, 0.1) is 0 Å². The summed E-state index contributed by atoms with van der Waals surface area (Å²) < 4.78 is 28.8. The molecule has 0 fully saturated rings. The van der Waals surface area contributed by atoms with Gasteiger partial charge >= 0.3 is 5.02 Å². The number of hydrogen-bond acceptors (Lipinski definition) is 3. The van der Waals surface area contributed by atoms with Crippen LogP contribution in [0.3, 0.4) is 0 Å². The third kappa shape index (κ3) is 3.64. The molecular weight excluding hydrogens is 260 g/mol. The van der Waals surface area contributed by atoms with Crippen LogP contribution >= 0.6 is 15.9 Å². The number of isocyanates is 1. The highest BCUT2D eigenvalue weighted by Gasteiger charge is 2.26. The molecule has 0 aliphatic heterocycles. The summed E-state index contributed by atoms with van der Waals surface area (Å²) in [7, 11) is 0. The molecule has 0 amide bonds. The Kier molecular flexibility index (Phi) is 3.33. The van der Waals surface area contributed by atoms with Crippen molar-refractivity contribution in [3.63, 3.8) is 0 Å².